The smallest absolute Gasteiger partial charge is 0.274 e. The van der Waals surface area contributed by atoms with Gasteiger partial charge in [-0.25, -0.2) is 4.98 Å². The average Bonchev–Trinajstić information content (AvgIpc) is 2.76. The van der Waals surface area contributed by atoms with Gasteiger partial charge in [-0.1, -0.05) is 0 Å². The fraction of sp³-hybridized carbons (Fsp3) is 0.667. The van der Waals surface area contributed by atoms with E-state index in [0.717, 1.165) is 25.9 Å². The molecule has 5 nitrogen and oxygen atoms in total. The minimum atomic E-state index is 0.0451. The summed E-state index contributed by atoms with van der Waals surface area (Å²) in [5, 5.41) is 3.33. The maximum Gasteiger partial charge on any atom is 0.274 e. The Morgan fingerprint density at radius 3 is 2.59 bits per heavy atom. The topological polar surface area (TPSA) is 50.2 Å². The minimum absolute atomic E-state index is 0.0451. The van der Waals surface area contributed by atoms with E-state index in [1.54, 1.807) is 17.1 Å². The fourth-order valence-electron chi connectivity index (χ4n) is 2.14. The van der Waals surface area contributed by atoms with Crippen molar-refractivity contribution in [2.75, 3.05) is 20.1 Å². The normalized spacial score (nSPS) is 19.4. The molecule has 94 valence electrons. The lowest BCUT2D eigenvalue weighted by molar-refractivity contribution is 0.0656. The number of hydrogen-bond acceptors (Lipinski definition) is 3. The van der Waals surface area contributed by atoms with E-state index in [-0.39, 0.29) is 11.4 Å². The van der Waals surface area contributed by atoms with Gasteiger partial charge in [0.25, 0.3) is 5.91 Å². The van der Waals surface area contributed by atoms with E-state index >= 15 is 0 Å². The monoisotopic (exact) mass is 236 g/mol. The van der Waals surface area contributed by atoms with Crippen LogP contribution < -0.4 is 5.32 Å². The summed E-state index contributed by atoms with van der Waals surface area (Å²) in [6.45, 7) is 3.80. The summed E-state index contributed by atoms with van der Waals surface area (Å²) in [7, 11) is 3.86. The SMILES string of the molecule is CNC1(C)CCN(C(=O)c2cn(C)cn2)CC1. The van der Waals surface area contributed by atoms with E-state index in [0.29, 0.717) is 5.69 Å². The summed E-state index contributed by atoms with van der Waals surface area (Å²) in [4.78, 5) is 18.1. The number of nitrogens with zero attached hydrogens (tertiary/aromatic N) is 3. The van der Waals surface area contributed by atoms with Gasteiger partial charge in [-0.2, -0.15) is 0 Å². The van der Waals surface area contributed by atoms with Gasteiger partial charge in [-0.3, -0.25) is 4.79 Å². The molecule has 1 amide bonds. The Bertz CT molecular complexity index is 404. The van der Waals surface area contributed by atoms with E-state index in [1.165, 1.54) is 0 Å². The number of amides is 1. The molecule has 0 radical (unpaired) electrons. The van der Waals surface area contributed by atoms with Crippen LogP contribution in [0.1, 0.15) is 30.3 Å². The van der Waals surface area contributed by atoms with E-state index in [9.17, 15) is 4.79 Å². The zero-order valence-electron chi connectivity index (χ0n) is 10.7. The molecule has 1 saturated heterocycles. The average molecular weight is 236 g/mol. The van der Waals surface area contributed by atoms with Crippen molar-refractivity contribution in [3.63, 3.8) is 0 Å². The van der Waals surface area contributed by atoms with Crippen LogP contribution in [-0.4, -0.2) is 46.0 Å². The van der Waals surface area contributed by atoms with E-state index in [2.05, 4.69) is 17.2 Å². The van der Waals surface area contributed by atoms with Crippen molar-refractivity contribution in [2.24, 2.45) is 7.05 Å². The van der Waals surface area contributed by atoms with Gasteiger partial charge < -0.3 is 14.8 Å². The fourth-order valence-corrected chi connectivity index (χ4v) is 2.14. The summed E-state index contributed by atoms with van der Waals surface area (Å²) in [6, 6.07) is 0. The number of carbonyl (C=O) groups is 1. The molecular weight excluding hydrogens is 216 g/mol. The van der Waals surface area contributed by atoms with Gasteiger partial charge >= 0.3 is 0 Å². The second kappa shape index (κ2) is 4.49. The van der Waals surface area contributed by atoms with Gasteiger partial charge in [0, 0.05) is 31.9 Å². The Morgan fingerprint density at radius 1 is 1.47 bits per heavy atom. The van der Waals surface area contributed by atoms with Crippen LogP contribution in [0.25, 0.3) is 0 Å². The standard InChI is InChI=1S/C12H20N4O/c1-12(13-2)4-6-16(7-5-12)11(17)10-8-15(3)9-14-10/h8-9,13H,4-7H2,1-3H3. The lowest BCUT2D eigenvalue weighted by atomic mass is 9.90. The van der Waals surface area contributed by atoms with Crippen molar-refractivity contribution in [2.45, 2.75) is 25.3 Å². The van der Waals surface area contributed by atoms with Crippen LogP contribution in [0.5, 0.6) is 0 Å². The van der Waals surface area contributed by atoms with Crippen LogP contribution in [0.15, 0.2) is 12.5 Å². The van der Waals surface area contributed by atoms with Gasteiger partial charge in [-0.15, -0.1) is 0 Å². The summed E-state index contributed by atoms with van der Waals surface area (Å²) < 4.78 is 1.80. The Kier molecular flexibility index (Phi) is 3.19. The van der Waals surface area contributed by atoms with Crippen molar-refractivity contribution in [1.29, 1.82) is 0 Å². The molecule has 0 unspecified atom stereocenters. The number of piperidine rings is 1. The number of imidazole rings is 1. The molecule has 1 aliphatic heterocycles. The molecule has 17 heavy (non-hydrogen) atoms. The first-order valence-electron chi connectivity index (χ1n) is 6.00. The van der Waals surface area contributed by atoms with Crippen LogP contribution in [0.2, 0.25) is 0 Å². The number of aromatic nitrogens is 2. The second-order valence-corrected chi connectivity index (χ2v) is 5.03. The first-order valence-corrected chi connectivity index (χ1v) is 6.00. The molecule has 0 aliphatic carbocycles. The third-order valence-electron chi connectivity index (χ3n) is 3.68. The lowest BCUT2D eigenvalue weighted by Crippen LogP contribution is -2.51. The third kappa shape index (κ3) is 2.49. The highest BCUT2D eigenvalue weighted by molar-refractivity contribution is 5.92. The van der Waals surface area contributed by atoms with Crippen LogP contribution in [-0.2, 0) is 7.05 Å². The summed E-state index contributed by atoms with van der Waals surface area (Å²) >= 11 is 0. The first-order chi connectivity index (χ1) is 8.04. The first kappa shape index (κ1) is 12.1. The van der Waals surface area contributed by atoms with Crippen LogP contribution in [0, 0.1) is 0 Å². The molecule has 0 atom stereocenters. The molecule has 1 fully saturated rings. The third-order valence-corrected chi connectivity index (χ3v) is 3.68. The molecule has 2 rings (SSSR count). The Balaban J connectivity index is 1.99. The number of rotatable bonds is 2. The molecular formula is C12H20N4O. The predicted molar refractivity (Wildman–Crippen MR) is 65.8 cm³/mol. The highest BCUT2D eigenvalue weighted by Gasteiger charge is 2.31. The maximum atomic E-state index is 12.1. The number of carbonyl (C=O) groups excluding carboxylic acids is 1. The summed E-state index contributed by atoms with van der Waals surface area (Å²) in [6.07, 6.45) is 5.41. The van der Waals surface area contributed by atoms with Crippen molar-refractivity contribution < 1.29 is 4.79 Å². The van der Waals surface area contributed by atoms with E-state index in [4.69, 9.17) is 0 Å². The van der Waals surface area contributed by atoms with Crippen LogP contribution in [0.3, 0.4) is 0 Å². The van der Waals surface area contributed by atoms with Gasteiger partial charge in [0.2, 0.25) is 0 Å². The zero-order valence-corrected chi connectivity index (χ0v) is 10.7. The predicted octanol–water partition coefficient (Wildman–Crippen LogP) is 0.634. The highest BCUT2D eigenvalue weighted by Crippen LogP contribution is 2.21. The van der Waals surface area contributed by atoms with Crippen LogP contribution >= 0.6 is 0 Å². The van der Waals surface area contributed by atoms with Crippen molar-refractivity contribution in [1.82, 2.24) is 19.8 Å². The number of hydrogen-bond donors (Lipinski definition) is 1. The van der Waals surface area contributed by atoms with Gasteiger partial charge in [0.15, 0.2) is 0 Å². The largest absolute Gasteiger partial charge is 0.340 e. The zero-order chi connectivity index (χ0) is 12.5. The number of aryl methyl sites for hydroxylation is 1. The Morgan fingerprint density at radius 2 is 2.12 bits per heavy atom. The highest BCUT2D eigenvalue weighted by atomic mass is 16.2. The summed E-state index contributed by atoms with van der Waals surface area (Å²) in [5.74, 6) is 0.0451. The van der Waals surface area contributed by atoms with Gasteiger partial charge in [0.1, 0.15) is 5.69 Å². The lowest BCUT2D eigenvalue weighted by Gasteiger charge is -2.39. The molecule has 5 heteroatoms. The second-order valence-electron chi connectivity index (χ2n) is 5.03. The Labute approximate surface area is 102 Å². The molecule has 1 aliphatic rings. The van der Waals surface area contributed by atoms with E-state index < -0.39 is 0 Å². The number of likely N-dealkylation sites (tertiary alicyclic amines) is 1. The summed E-state index contributed by atoms with van der Waals surface area (Å²) in [5.41, 5.74) is 0.710. The molecule has 2 heterocycles. The van der Waals surface area contributed by atoms with Crippen LogP contribution in [0.4, 0.5) is 0 Å². The molecule has 1 aromatic heterocycles. The van der Waals surface area contributed by atoms with Crippen molar-refractivity contribution >= 4 is 5.91 Å². The molecule has 1 N–H and O–H groups in total. The number of nitrogens with one attached hydrogen (secondary N) is 1. The van der Waals surface area contributed by atoms with Crippen molar-refractivity contribution in [3.8, 4) is 0 Å². The maximum absolute atomic E-state index is 12.1. The minimum Gasteiger partial charge on any atom is -0.340 e. The molecule has 0 spiro atoms. The quantitative estimate of drug-likeness (QED) is 0.819. The van der Waals surface area contributed by atoms with Gasteiger partial charge in [0.05, 0.1) is 6.33 Å². The van der Waals surface area contributed by atoms with Gasteiger partial charge in [-0.05, 0) is 26.8 Å². The van der Waals surface area contributed by atoms with Crippen molar-refractivity contribution in [3.05, 3.63) is 18.2 Å². The molecule has 0 aromatic carbocycles. The Hall–Kier alpha value is -1.36. The van der Waals surface area contributed by atoms with E-state index in [1.807, 2.05) is 19.0 Å². The molecule has 0 bridgehead atoms. The molecule has 1 aromatic rings. The molecule has 0 saturated carbocycles.